The Morgan fingerprint density at radius 1 is 1.16 bits per heavy atom. The van der Waals surface area contributed by atoms with Gasteiger partial charge in [-0.1, -0.05) is 6.92 Å². The molecular weight excluding hydrogens is 426 g/mol. The molecule has 7 heteroatoms. The van der Waals surface area contributed by atoms with Crippen molar-refractivity contribution < 1.29 is 14.3 Å². The van der Waals surface area contributed by atoms with E-state index >= 15 is 0 Å². The van der Waals surface area contributed by atoms with Crippen molar-refractivity contribution in [2.45, 2.75) is 59.8 Å². The van der Waals surface area contributed by atoms with Crippen molar-refractivity contribution in [1.29, 1.82) is 0 Å². The Hall–Kier alpha value is -2.86. The Labute approximate surface area is 195 Å². The number of aliphatic imine (C=N–C) groups is 1. The van der Waals surface area contributed by atoms with Crippen LogP contribution in [0.2, 0.25) is 0 Å². The minimum absolute atomic E-state index is 0. The third-order valence-corrected chi connectivity index (χ3v) is 5.87. The molecule has 0 amide bonds. The van der Waals surface area contributed by atoms with E-state index in [1.807, 2.05) is 32.2 Å². The third kappa shape index (κ3) is 5.30. The fourth-order valence-corrected chi connectivity index (χ4v) is 4.15. The fourth-order valence-electron chi connectivity index (χ4n) is 4.15. The van der Waals surface area contributed by atoms with Crippen LogP contribution in [0.3, 0.4) is 0 Å². The second kappa shape index (κ2) is 11.1. The first kappa shape index (κ1) is 25.4. The van der Waals surface area contributed by atoms with Crippen LogP contribution in [0.1, 0.15) is 63.3 Å². The number of H-pyrrole nitrogens is 2. The average Bonchev–Trinajstić information content (AvgIpc) is 3.44. The number of halogens is 1. The first-order valence-electron chi connectivity index (χ1n) is 10.8. The van der Waals surface area contributed by atoms with Crippen molar-refractivity contribution in [1.82, 2.24) is 9.97 Å². The van der Waals surface area contributed by atoms with Crippen molar-refractivity contribution in [3.63, 3.8) is 0 Å². The summed E-state index contributed by atoms with van der Waals surface area (Å²) < 4.78 is 4.65. The van der Waals surface area contributed by atoms with Crippen LogP contribution < -0.4 is 0 Å². The smallest absolute Gasteiger partial charge is 0.305 e. The number of allylic oxidation sites excluding steroid dienone is 2. The van der Waals surface area contributed by atoms with Gasteiger partial charge in [-0.05, 0) is 74.9 Å². The number of nitrogens with one attached hydrogen (secondary N) is 2. The third-order valence-electron chi connectivity index (χ3n) is 5.87. The molecule has 1 aliphatic rings. The number of rotatable bonds is 9. The van der Waals surface area contributed by atoms with Gasteiger partial charge in [0, 0.05) is 36.0 Å². The predicted molar refractivity (Wildman–Crippen MR) is 131 cm³/mol. The standard InChI is InChI=1S/C25H31N3O3.ClH/c1-6-18-15(2)20(28-25(18)19-10-9-13-26-19)14-21-16(3)24(17(4)27-21)22(29)11-7-8-12-23(30)31-5;/h9-10,13-14,26,28H,6-8,11-12H2,1-5H3;1H/b21-14-;. The number of esters is 1. The maximum absolute atomic E-state index is 12.8. The molecular formula is C25H32ClN3O3. The number of Topliss-reactive ketones (excluding diaryl/α,β-unsaturated/α-hetero) is 1. The highest BCUT2D eigenvalue weighted by Crippen LogP contribution is 2.32. The highest BCUT2D eigenvalue weighted by molar-refractivity contribution is 6.24. The molecule has 172 valence electrons. The zero-order chi connectivity index (χ0) is 22.5. The Morgan fingerprint density at radius 3 is 2.50 bits per heavy atom. The lowest BCUT2D eigenvalue weighted by molar-refractivity contribution is -0.140. The zero-order valence-corrected chi connectivity index (χ0v) is 20.2. The largest absolute Gasteiger partial charge is 0.469 e. The molecule has 2 aromatic heterocycles. The van der Waals surface area contributed by atoms with Gasteiger partial charge in [0.15, 0.2) is 5.78 Å². The highest BCUT2D eigenvalue weighted by atomic mass is 35.5. The van der Waals surface area contributed by atoms with Crippen molar-refractivity contribution in [2.75, 3.05) is 7.11 Å². The van der Waals surface area contributed by atoms with Gasteiger partial charge < -0.3 is 14.7 Å². The molecule has 0 atom stereocenters. The number of ketones is 1. The summed E-state index contributed by atoms with van der Waals surface area (Å²) in [5.41, 5.74) is 8.83. The van der Waals surface area contributed by atoms with Crippen LogP contribution in [0.5, 0.6) is 0 Å². The Balaban J connectivity index is 0.00000363. The van der Waals surface area contributed by atoms with Gasteiger partial charge in [0.25, 0.3) is 0 Å². The number of aromatic amines is 2. The normalized spacial score (nSPS) is 14.5. The molecule has 32 heavy (non-hydrogen) atoms. The minimum atomic E-state index is -0.238. The number of ether oxygens (including phenoxy) is 1. The fraction of sp³-hybridized carbons (Fsp3) is 0.400. The first-order chi connectivity index (χ1) is 14.9. The lowest BCUT2D eigenvalue weighted by Crippen LogP contribution is -2.09. The molecule has 0 spiro atoms. The van der Waals surface area contributed by atoms with E-state index in [2.05, 4.69) is 39.6 Å². The monoisotopic (exact) mass is 457 g/mol. The van der Waals surface area contributed by atoms with Gasteiger partial charge in [0.1, 0.15) is 0 Å². The molecule has 2 aromatic rings. The SMILES string of the molecule is CCc1c(-c2ccc[nH]2)[nH]c(/C=C2\N=C(C)C(C(=O)CCCCC(=O)OC)=C2C)c1C.Cl. The first-order valence-corrected chi connectivity index (χ1v) is 10.8. The van der Waals surface area contributed by atoms with Crippen LogP contribution in [0.25, 0.3) is 17.5 Å². The Bertz CT molecular complexity index is 1070. The summed E-state index contributed by atoms with van der Waals surface area (Å²) in [6.07, 6.45) is 6.93. The van der Waals surface area contributed by atoms with E-state index in [0.29, 0.717) is 31.3 Å². The lowest BCUT2D eigenvalue weighted by atomic mass is 9.97. The molecule has 0 aliphatic carbocycles. The van der Waals surface area contributed by atoms with Gasteiger partial charge in [-0.25, -0.2) is 0 Å². The van der Waals surface area contributed by atoms with Crippen molar-refractivity contribution >= 4 is 35.9 Å². The molecule has 2 N–H and O–H groups in total. The van der Waals surface area contributed by atoms with Gasteiger partial charge in [-0.15, -0.1) is 12.4 Å². The van der Waals surface area contributed by atoms with E-state index < -0.39 is 0 Å². The molecule has 0 aromatic carbocycles. The van der Waals surface area contributed by atoms with Gasteiger partial charge in [-0.3, -0.25) is 14.6 Å². The summed E-state index contributed by atoms with van der Waals surface area (Å²) in [5.74, 6) is -0.158. The molecule has 0 unspecified atom stereocenters. The second-order valence-corrected chi connectivity index (χ2v) is 7.89. The summed E-state index contributed by atoms with van der Waals surface area (Å²) in [5, 5.41) is 0. The molecule has 3 rings (SSSR count). The number of hydrogen-bond acceptors (Lipinski definition) is 4. The Kier molecular flexibility index (Phi) is 8.84. The van der Waals surface area contributed by atoms with E-state index in [9.17, 15) is 9.59 Å². The van der Waals surface area contributed by atoms with Crippen LogP contribution in [0, 0.1) is 6.92 Å². The van der Waals surface area contributed by atoms with Gasteiger partial charge >= 0.3 is 5.97 Å². The quantitative estimate of drug-likeness (QED) is 0.372. The van der Waals surface area contributed by atoms with E-state index in [1.54, 1.807) is 0 Å². The maximum Gasteiger partial charge on any atom is 0.305 e. The second-order valence-electron chi connectivity index (χ2n) is 7.89. The zero-order valence-electron chi connectivity index (χ0n) is 19.4. The number of unbranched alkanes of at least 4 members (excludes halogenated alkanes) is 1. The predicted octanol–water partition coefficient (Wildman–Crippen LogP) is 5.74. The maximum atomic E-state index is 12.8. The van der Waals surface area contributed by atoms with E-state index in [1.165, 1.54) is 18.2 Å². The molecule has 3 heterocycles. The molecule has 0 fully saturated rings. The van der Waals surface area contributed by atoms with Crippen molar-refractivity contribution in [3.8, 4) is 11.4 Å². The van der Waals surface area contributed by atoms with Crippen molar-refractivity contribution in [2.24, 2.45) is 4.99 Å². The summed E-state index contributed by atoms with van der Waals surface area (Å²) >= 11 is 0. The number of carbonyl (C=O) groups excluding carboxylic acids is 2. The average molecular weight is 458 g/mol. The summed E-state index contributed by atoms with van der Waals surface area (Å²) in [6.45, 7) is 8.11. The van der Waals surface area contributed by atoms with E-state index in [0.717, 1.165) is 40.5 Å². The van der Waals surface area contributed by atoms with Crippen molar-refractivity contribution in [3.05, 3.63) is 52.0 Å². The number of carbonyl (C=O) groups is 2. The van der Waals surface area contributed by atoms with Gasteiger partial charge in [0.05, 0.1) is 24.2 Å². The molecule has 0 saturated heterocycles. The topological polar surface area (TPSA) is 87.3 Å². The Morgan fingerprint density at radius 2 is 1.88 bits per heavy atom. The van der Waals surface area contributed by atoms with Crippen LogP contribution in [-0.4, -0.2) is 34.5 Å². The number of nitrogens with zero attached hydrogens (tertiary/aromatic N) is 1. The van der Waals surface area contributed by atoms with Crippen LogP contribution >= 0.6 is 12.4 Å². The molecule has 0 radical (unpaired) electrons. The molecule has 0 bridgehead atoms. The van der Waals surface area contributed by atoms with Gasteiger partial charge in [0.2, 0.25) is 0 Å². The summed E-state index contributed by atoms with van der Waals surface area (Å²) in [7, 11) is 1.38. The lowest BCUT2D eigenvalue weighted by Gasteiger charge is -2.04. The number of methoxy groups -OCH3 is 1. The summed E-state index contributed by atoms with van der Waals surface area (Å²) in [6, 6.07) is 4.05. The van der Waals surface area contributed by atoms with Crippen LogP contribution in [0.4, 0.5) is 0 Å². The van der Waals surface area contributed by atoms with E-state index in [4.69, 9.17) is 0 Å². The molecule has 6 nitrogen and oxygen atoms in total. The highest BCUT2D eigenvalue weighted by Gasteiger charge is 2.24. The molecule has 0 saturated carbocycles. The summed E-state index contributed by atoms with van der Waals surface area (Å²) in [4.78, 5) is 35.5. The minimum Gasteiger partial charge on any atom is -0.469 e. The molecule has 1 aliphatic heterocycles. The van der Waals surface area contributed by atoms with E-state index in [-0.39, 0.29) is 24.2 Å². The number of aromatic nitrogens is 2. The number of hydrogen-bond donors (Lipinski definition) is 2. The van der Waals surface area contributed by atoms with Gasteiger partial charge in [-0.2, -0.15) is 0 Å². The van der Waals surface area contributed by atoms with Crippen LogP contribution in [0.15, 0.2) is 40.2 Å². The van der Waals surface area contributed by atoms with Crippen LogP contribution in [-0.2, 0) is 20.7 Å².